The third-order valence-electron chi connectivity index (χ3n) is 2.91. The first kappa shape index (κ1) is 13.0. The summed E-state index contributed by atoms with van der Waals surface area (Å²) in [6, 6.07) is 2.10. The molecule has 16 heavy (non-hydrogen) atoms. The van der Waals surface area contributed by atoms with Crippen LogP contribution in [0.25, 0.3) is 0 Å². The van der Waals surface area contributed by atoms with E-state index < -0.39 is 0 Å². The first-order chi connectivity index (χ1) is 7.83. The van der Waals surface area contributed by atoms with Crippen LogP contribution in [0.15, 0.2) is 0 Å². The van der Waals surface area contributed by atoms with Crippen molar-refractivity contribution in [3.63, 3.8) is 0 Å². The molecule has 0 bridgehead atoms. The number of unbranched alkanes of at least 4 members (excludes halogenated alkanes) is 2. The molecular formula is C12H21N3O. The third-order valence-corrected chi connectivity index (χ3v) is 2.91. The average Bonchev–Trinajstić information content (AvgIpc) is 2.30. The summed E-state index contributed by atoms with van der Waals surface area (Å²) in [6.45, 7) is 2.77. The topological polar surface area (TPSA) is 64.9 Å². The Morgan fingerprint density at radius 1 is 1.50 bits per heavy atom. The van der Waals surface area contributed by atoms with Crippen molar-refractivity contribution >= 4 is 5.91 Å². The minimum absolute atomic E-state index is 0.158. The van der Waals surface area contributed by atoms with Gasteiger partial charge in [-0.05, 0) is 44.7 Å². The number of rotatable bonds is 6. The van der Waals surface area contributed by atoms with Gasteiger partial charge in [-0.1, -0.05) is 0 Å². The Bertz CT molecular complexity index is 241. The lowest BCUT2D eigenvalue weighted by atomic mass is 9.96. The van der Waals surface area contributed by atoms with E-state index in [1.54, 1.807) is 0 Å². The van der Waals surface area contributed by atoms with Crippen LogP contribution in [-0.4, -0.2) is 25.5 Å². The zero-order valence-corrected chi connectivity index (χ0v) is 9.80. The van der Waals surface area contributed by atoms with E-state index in [1.165, 1.54) is 6.42 Å². The molecule has 1 atom stereocenters. The van der Waals surface area contributed by atoms with Gasteiger partial charge in [-0.25, -0.2) is 0 Å². The number of nitrogens with zero attached hydrogens (tertiary/aromatic N) is 1. The summed E-state index contributed by atoms with van der Waals surface area (Å²) in [5, 5.41) is 14.6. The van der Waals surface area contributed by atoms with Gasteiger partial charge in [0.25, 0.3) is 0 Å². The van der Waals surface area contributed by atoms with Gasteiger partial charge in [0, 0.05) is 19.4 Å². The molecule has 0 saturated carbocycles. The molecule has 0 aromatic heterocycles. The van der Waals surface area contributed by atoms with Crippen LogP contribution in [0.2, 0.25) is 0 Å². The van der Waals surface area contributed by atoms with Gasteiger partial charge in [-0.15, -0.1) is 0 Å². The SMILES string of the molecule is N#CCCCCNC(=O)CC1CCCNC1. The van der Waals surface area contributed by atoms with Gasteiger partial charge in [0.1, 0.15) is 0 Å². The van der Waals surface area contributed by atoms with Crippen LogP contribution >= 0.6 is 0 Å². The monoisotopic (exact) mass is 223 g/mol. The largest absolute Gasteiger partial charge is 0.356 e. The van der Waals surface area contributed by atoms with E-state index in [1.807, 2.05) is 0 Å². The molecular weight excluding hydrogens is 202 g/mol. The molecule has 4 heteroatoms. The highest BCUT2D eigenvalue weighted by Crippen LogP contribution is 2.13. The summed E-state index contributed by atoms with van der Waals surface area (Å²) in [6.07, 6.45) is 5.35. The van der Waals surface area contributed by atoms with Gasteiger partial charge in [0.05, 0.1) is 6.07 Å². The minimum Gasteiger partial charge on any atom is -0.356 e. The van der Waals surface area contributed by atoms with Gasteiger partial charge in [-0.2, -0.15) is 5.26 Å². The molecule has 1 unspecified atom stereocenters. The second-order valence-corrected chi connectivity index (χ2v) is 4.38. The van der Waals surface area contributed by atoms with Crippen LogP contribution in [0.1, 0.15) is 38.5 Å². The standard InChI is InChI=1S/C12H21N3O/c13-6-2-1-3-8-15-12(16)9-11-5-4-7-14-10-11/h11,14H,1-5,7-10H2,(H,15,16). The van der Waals surface area contributed by atoms with E-state index in [-0.39, 0.29) is 5.91 Å². The Morgan fingerprint density at radius 2 is 2.38 bits per heavy atom. The molecule has 0 aromatic carbocycles. The molecule has 1 saturated heterocycles. The number of amides is 1. The van der Waals surface area contributed by atoms with E-state index in [4.69, 9.17) is 5.26 Å². The molecule has 1 amide bonds. The van der Waals surface area contributed by atoms with Crippen LogP contribution in [-0.2, 0) is 4.79 Å². The van der Waals surface area contributed by atoms with Crippen molar-refractivity contribution in [2.24, 2.45) is 5.92 Å². The van der Waals surface area contributed by atoms with Crippen molar-refractivity contribution in [3.8, 4) is 6.07 Å². The molecule has 1 fully saturated rings. The molecule has 1 aliphatic rings. The van der Waals surface area contributed by atoms with E-state index in [0.717, 1.165) is 32.4 Å². The molecule has 0 aliphatic carbocycles. The predicted molar refractivity (Wildman–Crippen MR) is 62.7 cm³/mol. The Balaban J connectivity index is 1.99. The van der Waals surface area contributed by atoms with E-state index in [9.17, 15) is 4.79 Å². The molecule has 0 radical (unpaired) electrons. The van der Waals surface area contributed by atoms with Gasteiger partial charge < -0.3 is 10.6 Å². The molecule has 90 valence electrons. The maximum Gasteiger partial charge on any atom is 0.220 e. The zero-order chi connectivity index (χ0) is 11.6. The van der Waals surface area contributed by atoms with Crippen LogP contribution in [0.3, 0.4) is 0 Å². The molecule has 2 N–H and O–H groups in total. The van der Waals surface area contributed by atoms with Gasteiger partial charge in [0.2, 0.25) is 5.91 Å². The first-order valence-electron chi connectivity index (χ1n) is 6.17. The molecule has 1 aliphatic heterocycles. The highest BCUT2D eigenvalue weighted by molar-refractivity contribution is 5.76. The Morgan fingerprint density at radius 3 is 3.06 bits per heavy atom. The van der Waals surface area contributed by atoms with E-state index in [0.29, 0.717) is 25.3 Å². The van der Waals surface area contributed by atoms with E-state index in [2.05, 4.69) is 16.7 Å². The van der Waals surface area contributed by atoms with Crippen molar-refractivity contribution in [2.75, 3.05) is 19.6 Å². The molecule has 1 rings (SSSR count). The van der Waals surface area contributed by atoms with Crippen LogP contribution in [0, 0.1) is 17.2 Å². The zero-order valence-electron chi connectivity index (χ0n) is 9.80. The quantitative estimate of drug-likeness (QED) is 0.665. The second-order valence-electron chi connectivity index (χ2n) is 4.38. The Hall–Kier alpha value is -1.08. The highest BCUT2D eigenvalue weighted by Gasteiger charge is 2.16. The van der Waals surface area contributed by atoms with Crippen LogP contribution in [0.4, 0.5) is 0 Å². The van der Waals surface area contributed by atoms with Crippen molar-refractivity contribution in [2.45, 2.75) is 38.5 Å². The van der Waals surface area contributed by atoms with Gasteiger partial charge in [0.15, 0.2) is 0 Å². The lowest BCUT2D eigenvalue weighted by molar-refractivity contribution is -0.122. The maximum atomic E-state index is 11.5. The first-order valence-corrected chi connectivity index (χ1v) is 6.17. The number of piperidine rings is 1. The Labute approximate surface area is 97.4 Å². The summed E-state index contributed by atoms with van der Waals surface area (Å²) >= 11 is 0. The number of hydrogen-bond acceptors (Lipinski definition) is 3. The summed E-state index contributed by atoms with van der Waals surface area (Å²) in [7, 11) is 0. The van der Waals surface area contributed by atoms with Crippen LogP contribution < -0.4 is 10.6 Å². The lowest BCUT2D eigenvalue weighted by Gasteiger charge is -2.22. The van der Waals surface area contributed by atoms with Crippen molar-refractivity contribution < 1.29 is 4.79 Å². The highest BCUT2D eigenvalue weighted by atomic mass is 16.1. The number of carbonyl (C=O) groups is 1. The maximum absolute atomic E-state index is 11.5. The fraction of sp³-hybridized carbons (Fsp3) is 0.833. The Kier molecular flexibility index (Phi) is 6.59. The number of nitrogens with one attached hydrogen (secondary N) is 2. The third kappa shape index (κ3) is 5.72. The van der Waals surface area contributed by atoms with Crippen LogP contribution in [0.5, 0.6) is 0 Å². The summed E-state index contributed by atoms with van der Waals surface area (Å²) in [5.41, 5.74) is 0. The summed E-state index contributed by atoms with van der Waals surface area (Å²) in [4.78, 5) is 11.5. The average molecular weight is 223 g/mol. The minimum atomic E-state index is 0.158. The molecule has 4 nitrogen and oxygen atoms in total. The van der Waals surface area contributed by atoms with Gasteiger partial charge in [-0.3, -0.25) is 4.79 Å². The number of hydrogen-bond donors (Lipinski definition) is 2. The lowest BCUT2D eigenvalue weighted by Crippen LogP contribution is -2.34. The van der Waals surface area contributed by atoms with Gasteiger partial charge >= 0.3 is 0 Å². The fourth-order valence-corrected chi connectivity index (χ4v) is 1.99. The summed E-state index contributed by atoms with van der Waals surface area (Å²) < 4.78 is 0. The van der Waals surface area contributed by atoms with Crippen molar-refractivity contribution in [3.05, 3.63) is 0 Å². The molecule has 0 spiro atoms. The molecule has 1 heterocycles. The number of carbonyl (C=O) groups excluding carboxylic acids is 1. The van der Waals surface area contributed by atoms with Crippen molar-refractivity contribution in [1.82, 2.24) is 10.6 Å². The fourth-order valence-electron chi connectivity index (χ4n) is 1.99. The van der Waals surface area contributed by atoms with E-state index >= 15 is 0 Å². The van der Waals surface area contributed by atoms with Crippen molar-refractivity contribution in [1.29, 1.82) is 5.26 Å². The molecule has 0 aromatic rings. The second kappa shape index (κ2) is 8.12. The predicted octanol–water partition coefficient (Wildman–Crippen LogP) is 1.19. The summed E-state index contributed by atoms with van der Waals surface area (Å²) in [5.74, 6) is 0.665. The normalized spacial score (nSPS) is 20.1. The number of nitriles is 1. The smallest absolute Gasteiger partial charge is 0.220 e.